The van der Waals surface area contributed by atoms with E-state index < -0.39 is 17.9 Å². The number of hydrazine groups is 1. The Morgan fingerprint density at radius 2 is 1.79 bits per heavy atom. The third-order valence-electron chi connectivity index (χ3n) is 4.53. The van der Waals surface area contributed by atoms with Crippen LogP contribution < -0.4 is 25.6 Å². The molecule has 1 atom stereocenters. The topological polar surface area (TPSA) is 88.7 Å². The van der Waals surface area contributed by atoms with E-state index in [0.717, 1.165) is 30.2 Å². The Labute approximate surface area is 223 Å². The highest BCUT2D eigenvalue weighted by Gasteiger charge is 2.18. The molecule has 184 valence electrons. The summed E-state index contributed by atoms with van der Waals surface area (Å²) < 4.78 is 12.1. The number of nitrogens with one attached hydrogen (secondary N) is 3. The zero-order valence-corrected chi connectivity index (χ0v) is 22.7. The molecule has 0 heterocycles. The largest absolute Gasteiger partial charge is 0.493 e. The molecule has 0 aliphatic rings. The number of hydrogen-bond acceptors (Lipinski definition) is 5. The van der Waals surface area contributed by atoms with Gasteiger partial charge in [0.25, 0.3) is 11.8 Å². The maximum atomic E-state index is 12.7. The maximum absolute atomic E-state index is 12.7. The molecule has 0 saturated carbocycles. The van der Waals surface area contributed by atoms with Crippen LogP contribution in [0.4, 0.5) is 0 Å². The minimum absolute atomic E-state index is 0.0936. The van der Waals surface area contributed by atoms with Crippen molar-refractivity contribution in [2.75, 3.05) is 6.61 Å². The lowest BCUT2D eigenvalue weighted by atomic mass is 10.2. The molecule has 11 heteroatoms. The van der Waals surface area contributed by atoms with E-state index in [1.165, 1.54) is 13.0 Å². The van der Waals surface area contributed by atoms with E-state index in [9.17, 15) is 9.59 Å². The van der Waals surface area contributed by atoms with Crippen LogP contribution >= 0.6 is 51.3 Å². The SMILES string of the molecule is CCCCCCOc1ccc(Br)cc1C(=O)NC(=S)NNC(=O)C(C)Oc1ccc(Cl)cc1Cl. The molecule has 0 spiro atoms. The van der Waals surface area contributed by atoms with Crippen molar-refractivity contribution in [1.29, 1.82) is 0 Å². The molecule has 7 nitrogen and oxygen atoms in total. The van der Waals surface area contributed by atoms with E-state index in [0.29, 0.717) is 28.7 Å². The summed E-state index contributed by atoms with van der Waals surface area (Å²) in [5.41, 5.74) is 5.19. The van der Waals surface area contributed by atoms with Gasteiger partial charge in [-0.2, -0.15) is 0 Å². The van der Waals surface area contributed by atoms with Crippen molar-refractivity contribution in [2.24, 2.45) is 0 Å². The summed E-state index contributed by atoms with van der Waals surface area (Å²) in [6.07, 6.45) is 3.33. The number of carbonyl (C=O) groups is 2. The molecule has 2 amide bonds. The van der Waals surface area contributed by atoms with Crippen LogP contribution in [0.1, 0.15) is 49.9 Å². The molecule has 0 bridgehead atoms. The summed E-state index contributed by atoms with van der Waals surface area (Å²) in [4.78, 5) is 25.1. The van der Waals surface area contributed by atoms with Crippen molar-refractivity contribution in [3.05, 3.63) is 56.5 Å². The first kappa shape index (κ1) is 28.2. The lowest BCUT2D eigenvalue weighted by molar-refractivity contribution is -0.127. The zero-order chi connectivity index (χ0) is 25.1. The van der Waals surface area contributed by atoms with E-state index in [1.54, 1.807) is 30.3 Å². The second kappa shape index (κ2) is 14.4. The smallest absolute Gasteiger partial charge is 0.279 e. The Balaban J connectivity index is 1.87. The summed E-state index contributed by atoms with van der Waals surface area (Å²) in [5, 5.41) is 3.16. The molecule has 0 aromatic heterocycles. The van der Waals surface area contributed by atoms with Crippen LogP contribution in [0, 0.1) is 0 Å². The fourth-order valence-corrected chi connectivity index (χ4v) is 3.71. The summed E-state index contributed by atoms with van der Waals surface area (Å²) in [6, 6.07) is 9.83. The van der Waals surface area contributed by atoms with Crippen LogP contribution in [0.2, 0.25) is 10.0 Å². The number of benzene rings is 2. The van der Waals surface area contributed by atoms with Crippen LogP contribution in [-0.4, -0.2) is 29.6 Å². The molecular formula is C23H26BrCl2N3O4S. The van der Waals surface area contributed by atoms with Crippen LogP contribution in [-0.2, 0) is 4.79 Å². The number of carbonyl (C=O) groups excluding carboxylic acids is 2. The molecule has 0 radical (unpaired) electrons. The van der Waals surface area contributed by atoms with E-state index in [1.807, 2.05) is 0 Å². The fraction of sp³-hybridized carbons (Fsp3) is 0.348. The van der Waals surface area contributed by atoms with Gasteiger partial charge in [0.05, 0.1) is 17.2 Å². The first-order valence-corrected chi connectivity index (χ1v) is 12.6. The monoisotopic (exact) mass is 589 g/mol. The van der Waals surface area contributed by atoms with Gasteiger partial charge in [0.15, 0.2) is 11.2 Å². The third kappa shape index (κ3) is 9.29. The number of amides is 2. The lowest BCUT2D eigenvalue weighted by Crippen LogP contribution is -2.51. The third-order valence-corrected chi connectivity index (χ3v) is 5.76. The van der Waals surface area contributed by atoms with E-state index >= 15 is 0 Å². The predicted octanol–water partition coefficient (Wildman–Crippen LogP) is 5.82. The van der Waals surface area contributed by atoms with Gasteiger partial charge in [-0.25, -0.2) is 0 Å². The van der Waals surface area contributed by atoms with Crippen LogP contribution in [0.3, 0.4) is 0 Å². The van der Waals surface area contributed by atoms with Gasteiger partial charge < -0.3 is 9.47 Å². The fourth-order valence-electron chi connectivity index (χ4n) is 2.75. The molecule has 0 saturated heterocycles. The number of hydrogen-bond donors (Lipinski definition) is 3. The number of rotatable bonds is 10. The summed E-state index contributed by atoms with van der Waals surface area (Å²) in [5.74, 6) is -0.248. The molecule has 0 aliphatic heterocycles. The lowest BCUT2D eigenvalue weighted by Gasteiger charge is -2.17. The van der Waals surface area contributed by atoms with Crippen molar-refractivity contribution in [3.8, 4) is 11.5 Å². The number of unbranched alkanes of at least 4 members (excludes halogenated alkanes) is 3. The van der Waals surface area contributed by atoms with Gasteiger partial charge in [-0.05, 0) is 62.0 Å². The average Bonchev–Trinajstić information content (AvgIpc) is 2.79. The van der Waals surface area contributed by atoms with Gasteiger partial charge in [-0.1, -0.05) is 65.3 Å². The first-order chi connectivity index (χ1) is 16.2. The number of ether oxygens (including phenoxy) is 2. The highest BCUT2D eigenvalue weighted by Crippen LogP contribution is 2.28. The van der Waals surface area contributed by atoms with E-state index in [4.69, 9.17) is 44.9 Å². The maximum Gasteiger partial charge on any atom is 0.279 e. The number of halogens is 3. The summed E-state index contributed by atoms with van der Waals surface area (Å²) >= 11 is 20.4. The van der Waals surface area contributed by atoms with Gasteiger partial charge in [-0.3, -0.25) is 25.8 Å². The molecule has 34 heavy (non-hydrogen) atoms. The average molecular weight is 591 g/mol. The molecular weight excluding hydrogens is 565 g/mol. The Morgan fingerprint density at radius 1 is 1.06 bits per heavy atom. The van der Waals surface area contributed by atoms with Crippen molar-refractivity contribution in [3.63, 3.8) is 0 Å². The Hall–Kier alpha value is -2.07. The normalized spacial score (nSPS) is 11.3. The predicted molar refractivity (Wildman–Crippen MR) is 142 cm³/mol. The standard InChI is InChI=1S/C23H26BrCl2N3O4S/c1-3-4-5-6-11-32-19-9-7-15(24)12-17(19)22(31)27-23(34)29-28-21(30)14(2)33-20-10-8-16(25)13-18(20)26/h7-10,12-14H,3-6,11H2,1-2H3,(H,28,30)(H2,27,29,31,34). The van der Waals surface area contributed by atoms with Gasteiger partial charge in [-0.15, -0.1) is 0 Å². The minimum Gasteiger partial charge on any atom is -0.493 e. The molecule has 2 aromatic rings. The molecule has 2 aromatic carbocycles. The minimum atomic E-state index is -0.900. The Kier molecular flexibility index (Phi) is 11.9. The molecule has 1 unspecified atom stereocenters. The summed E-state index contributed by atoms with van der Waals surface area (Å²) in [7, 11) is 0. The van der Waals surface area contributed by atoms with E-state index in [2.05, 4.69) is 39.0 Å². The highest BCUT2D eigenvalue weighted by molar-refractivity contribution is 9.10. The molecule has 0 aliphatic carbocycles. The Bertz CT molecular complexity index is 1030. The zero-order valence-electron chi connectivity index (χ0n) is 18.8. The van der Waals surface area contributed by atoms with Gasteiger partial charge >= 0.3 is 0 Å². The molecule has 2 rings (SSSR count). The van der Waals surface area contributed by atoms with Crippen molar-refractivity contribution >= 4 is 68.3 Å². The second-order valence-corrected chi connectivity index (χ2v) is 9.45. The van der Waals surface area contributed by atoms with Crippen molar-refractivity contribution < 1.29 is 19.1 Å². The van der Waals surface area contributed by atoms with Gasteiger partial charge in [0.2, 0.25) is 0 Å². The first-order valence-electron chi connectivity index (χ1n) is 10.7. The van der Waals surface area contributed by atoms with Crippen molar-refractivity contribution in [1.82, 2.24) is 16.2 Å². The van der Waals surface area contributed by atoms with Gasteiger partial charge in [0.1, 0.15) is 11.5 Å². The number of thiocarbonyl (C=S) groups is 1. The quantitative estimate of drug-likeness (QED) is 0.184. The van der Waals surface area contributed by atoms with Crippen molar-refractivity contribution in [2.45, 2.75) is 45.6 Å². The van der Waals surface area contributed by atoms with Crippen LogP contribution in [0.25, 0.3) is 0 Å². The van der Waals surface area contributed by atoms with Crippen LogP contribution in [0.5, 0.6) is 11.5 Å². The Morgan fingerprint density at radius 3 is 2.50 bits per heavy atom. The second-order valence-electron chi connectivity index (χ2n) is 7.28. The highest BCUT2D eigenvalue weighted by atomic mass is 79.9. The molecule has 0 fully saturated rings. The van der Waals surface area contributed by atoms with Gasteiger partial charge in [0, 0.05) is 9.50 Å². The molecule has 3 N–H and O–H groups in total. The van der Waals surface area contributed by atoms with Crippen LogP contribution in [0.15, 0.2) is 40.9 Å². The summed E-state index contributed by atoms with van der Waals surface area (Å²) in [6.45, 7) is 4.19. The van der Waals surface area contributed by atoms with E-state index in [-0.39, 0.29) is 10.1 Å².